The van der Waals surface area contributed by atoms with Gasteiger partial charge in [-0.3, -0.25) is 9.69 Å². The van der Waals surface area contributed by atoms with Crippen LogP contribution in [0.25, 0.3) is 0 Å². The van der Waals surface area contributed by atoms with E-state index in [0.29, 0.717) is 19.5 Å². The summed E-state index contributed by atoms with van der Waals surface area (Å²) >= 11 is 0. The Morgan fingerprint density at radius 1 is 0.943 bits per heavy atom. The van der Waals surface area contributed by atoms with Crippen molar-refractivity contribution in [2.45, 2.75) is 58.3 Å². The summed E-state index contributed by atoms with van der Waals surface area (Å²) in [7, 11) is 0. The van der Waals surface area contributed by atoms with Crippen LogP contribution in [0, 0.1) is 5.92 Å². The van der Waals surface area contributed by atoms with E-state index in [-0.39, 0.29) is 36.2 Å². The van der Waals surface area contributed by atoms with Crippen molar-refractivity contribution >= 4 is 17.7 Å². The second-order valence-corrected chi connectivity index (χ2v) is 10.5. The topological polar surface area (TPSA) is 71.1 Å². The molecule has 7 heteroatoms. The molecule has 7 nitrogen and oxygen atoms in total. The van der Waals surface area contributed by atoms with Gasteiger partial charge in [0.2, 0.25) is 5.91 Å². The van der Waals surface area contributed by atoms with Crippen LogP contribution in [0.15, 0.2) is 54.6 Å². The van der Waals surface area contributed by atoms with E-state index < -0.39 is 0 Å². The zero-order chi connectivity index (χ0) is 24.8. The second-order valence-electron chi connectivity index (χ2n) is 10.5. The smallest absolute Gasteiger partial charge is 0.410 e. The van der Waals surface area contributed by atoms with Crippen LogP contribution in [0.1, 0.15) is 45.6 Å². The number of nitrogens with zero attached hydrogens (tertiary/aromatic N) is 2. The van der Waals surface area contributed by atoms with E-state index in [4.69, 9.17) is 9.47 Å². The number of hydrogen-bond acceptors (Lipinski definition) is 5. The first-order chi connectivity index (χ1) is 16.8. The third-order valence-corrected chi connectivity index (χ3v) is 6.84. The van der Waals surface area contributed by atoms with Crippen LogP contribution in [0.2, 0.25) is 0 Å². The first-order valence-corrected chi connectivity index (χ1v) is 12.6. The molecule has 0 aliphatic carbocycles. The van der Waals surface area contributed by atoms with Crippen molar-refractivity contribution < 1.29 is 19.1 Å². The number of hydrogen-bond donors (Lipinski definition) is 1. The highest BCUT2D eigenvalue weighted by molar-refractivity contribution is 5.93. The number of amides is 2. The van der Waals surface area contributed by atoms with Gasteiger partial charge in [-0.25, -0.2) is 4.79 Å². The Hall–Kier alpha value is -3.06. The van der Waals surface area contributed by atoms with Crippen LogP contribution >= 0.6 is 0 Å². The third-order valence-electron chi connectivity index (χ3n) is 6.84. The Morgan fingerprint density at radius 3 is 2.29 bits per heavy atom. The van der Waals surface area contributed by atoms with Gasteiger partial charge in [-0.15, -0.1) is 0 Å². The molecule has 0 unspecified atom stereocenters. The van der Waals surface area contributed by atoms with Gasteiger partial charge in [0.15, 0.2) is 0 Å². The van der Waals surface area contributed by atoms with Gasteiger partial charge in [0, 0.05) is 37.4 Å². The molecule has 0 saturated carbocycles. The average molecular weight is 480 g/mol. The van der Waals surface area contributed by atoms with Gasteiger partial charge in [0.25, 0.3) is 0 Å². The van der Waals surface area contributed by atoms with Gasteiger partial charge in [0.05, 0.1) is 5.92 Å². The Labute approximate surface area is 208 Å². The Kier molecular flexibility index (Phi) is 7.96. The predicted molar refractivity (Wildman–Crippen MR) is 136 cm³/mol. The van der Waals surface area contributed by atoms with Crippen molar-refractivity contribution in [3.63, 3.8) is 0 Å². The molecule has 0 bridgehead atoms. The lowest BCUT2D eigenvalue weighted by Crippen LogP contribution is -2.48. The standard InChI is InChI=1S/C28H37N3O4/c1-28(2,3)31-17-14-25(15-18-31)35-24-11-9-23(10-12-24)29-26(32)22-13-16-30(19-22)27(33)34-20-21-7-5-4-6-8-21/h4-12,22,25H,13-20H2,1-3H3,(H,29,32)/t22-/m0/s1. The number of rotatable bonds is 6. The molecule has 2 heterocycles. The molecule has 2 aliphatic rings. The summed E-state index contributed by atoms with van der Waals surface area (Å²) in [4.78, 5) is 29.2. The van der Waals surface area contributed by atoms with Gasteiger partial charge in [-0.05, 0) is 69.9 Å². The minimum absolute atomic E-state index is 0.0772. The number of piperidine rings is 1. The van der Waals surface area contributed by atoms with E-state index in [1.807, 2.05) is 54.6 Å². The molecule has 1 atom stereocenters. The molecule has 0 aromatic heterocycles. The molecule has 2 fully saturated rings. The number of ether oxygens (including phenoxy) is 2. The summed E-state index contributed by atoms with van der Waals surface area (Å²) in [5, 5.41) is 2.97. The van der Waals surface area contributed by atoms with Crippen molar-refractivity contribution in [3.8, 4) is 5.75 Å². The maximum atomic E-state index is 12.7. The highest BCUT2D eigenvalue weighted by atomic mass is 16.6. The Morgan fingerprint density at radius 2 is 1.63 bits per heavy atom. The molecule has 2 aliphatic heterocycles. The van der Waals surface area contributed by atoms with Crippen molar-refractivity contribution in [1.29, 1.82) is 0 Å². The molecule has 0 spiro atoms. The van der Waals surface area contributed by atoms with E-state index in [9.17, 15) is 9.59 Å². The van der Waals surface area contributed by atoms with Crippen molar-refractivity contribution in [3.05, 3.63) is 60.2 Å². The molecular formula is C28H37N3O4. The third kappa shape index (κ3) is 6.98. The summed E-state index contributed by atoms with van der Waals surface area (Å²) < 4.78 is 11.6. The fourth-order valence-corrected chi connectivity index (χ4v) is 4.65. The van der Waals surface area contributed by atoms with Crippen LogP contribution in [0.5, 0.6) is 5.75 Å². The minimum atomic E-state index is -0.376. The normalized spacial score (nSPS) is 19.4. The van der Waals surface area contributed by atoms with Crippen molar-refractivity contribution in [1.82, 2.24) is 9.80 Å². The second kappa shape index (κ2) is 11.1. The molecule has 4 rings (SSSR count). The van der Waals surface area contributed by atoms with Gasteiger partial charge < -0.3 is 19.7 Å². The summed E-state index contributed by atoms with van der Waals surface area (Å²) in [6, 6.07) is 17.1. The minimum Gasteiger partial charge on any atom is -0.490 e. The lowest BCUT2D eigenvalue weighted by Gasteiger charge is -2.40. The van der Waals surface area contributed by atoms with Crippen molar-refractivity contribution in [2.24, 2.45) is 5.92 Å². The zero-order valence-electron chi connectivity index (χ0n) is 21.0. The van der Waals surface area contributed by atoms with Gasteiger partial charge in [-0.1, -0.05) is 30.3 Å². The summed E-state index contributed by atoms with van der Waals surface area (Å²) in [5.74, 6) is 0.500. The number of likely N-dealkylation sites (tertiary alicyclic amines) is 2. The lowest BCUT2D eigenvalue weighted by atomic mass is 9.99. The number of anilines is 1. The predicted octanol–water partition coefficient (Wildman–Crippen LogP) is 4.93. The van der Waals surface area contributed by atoms with E-state index in [1.165, 1.54) is 0 Å². The largest absolute Gasteiger partial charge is 0.490 e. The van der Waals surface area contributed by atoms with Gasteiger partial charge in [-0.2, -0.15) is 0 Å². The van der Waals surface area contributed by atoms with Gasteiger partial charge in [0.1, 0.15) is 18.5 Å². The first-order valence-electron chi connectivity index (χ1n) is 12.6. The quantitative estimate of drug-likeness (QED) is 0.636. The highest BCUT2D eigenvalue weighted by Gasteiger charge is 2.32. The zero-order valence-corrected chi connectivity index (χ0v) is 21.0. The van der Waals surface area contributed by atoms with E-state index in [2.05, 4.69) is 31.0 Å². The van der Waals surface area contributed by atoms with Crippen LogP contribution in [-0.4, -0.2) is 59.6 Å². The first kappa shape index (κ1) is 25.0. The van der Waals surface area contributed by atoms with E-state index in [0.717, 1.165) is 42.9 Å². The molecule has 2 aromatic carbocycles. The fraction of sp³-hybridized carbons (Fsp3) is 0.500. The van der Waals surface area contributed by atoms with Gasteiger partial charge >= 0.3 is 6.09 Å². The number of carbonyl (C=O) groups is 2. The maximum absolute atomic E-state index is 12.7. The number of nitrogens with one attached hydrogen (secondary N) is 1. The SMILES string of the molecule is CC(C)(C)N1CCC(Oc2ccc(NC(=O)[C@H]3CCN(C(=O)OCc4ccccc4)C3)cc2)CC1. The molecule has 1 N–H and O–H groups in total. The van der Waals surface area contributed by atoms with Crippen LogP contribution in [-0.2, 0) is 16.1 Å². The van der Waals surface area contributed by atoms with Crippen LogP contribution in [0.4, 0.5) is 10.5 Å². The molecule has 188 valence electrons. The average Bonchev–Trinajstić information content (AvgIpc) is 3.35. The molecule has 2 amide bonds. The maximum Gasteiger partial charge on any atom is 0.410 e. The fourth-order valence-electron chi connectivity index (χ4n) is 4.65. The summed E-state index contributed by atoms with van der Waals surface area (Å²) in [5.41, 5.74) is 1.87. The number of benzene rings is 2. The summed E-state index contributed by atoms with van der Waals surface area (Å²) in [6.45, 7) is 9.96. The number of carbonyl (C=O) groups excluding carboxylic acids is 2. The van der Waals surface area contributed by atoms with E-state index in [1.54, 1.807) is 4.90 Å². The molecular weight excluding hydrogens is 442 g/mol. The molecule has 35 heavy (non-hydrogen) atoms. The monoisotopic (exact) mass is 479 g/mol. The van der Waals surface area contributed by atoms with E-state index >= 15 is 0 Å². The highest BCUT2D eigenvalue weighted by Crippen LogP contribution is 2.25. The lowest BCUT2D eigenvalue weighted by molar-refractivity contribution is -0.119. The van der Waals surface area contributed by atoms with Crippen LogP contribution < -0.4 is 10.1 Å². The molecule has 2 saturated heterocycles. The summed E-state index contributed by atoms with van der Waals surface area (Å²) in [6.07, 6.45) is 2.50. The molecule has 2 aromatic rings. The van der Waals surface area contributed by atoms with Crippen molar-refractivity contribution in [2.75, 3.05) is 31.5 Å². The van der Waals surface area contributed by atoms with Crippen LogP contribution in [0.3, 0.4) is 0 Å². The Bertz CT molecular complexity index is 980. The molecule has 0 radical (unpaired) electrons. The Balaban J connectivity index is 1.20.